The molecule has 2 nitrogen and oxygen atoms in total. The molecular formula is C9H12ClNO. The minimum atomic E-state index is 0.0348. The number of pyridine rings is 1. The maximum Gasteiger partial charge on any atom is 0.137 e. The van der Waals surface area contributed by atoms with Gasteiger partial charge in [-0.25, -0.2) is 0 Å². The molecule has 3 heteroatoms. The van der Waals surface area contributed by atoms with Crippen molar-refractivity contribution in [3.63, 3.8) is 0 Å². The van der Waals surface area contributed by atoms with Gasteiger partial charge in [-0.2, -0.15) is 0 Å². The number of aromatic nitrogens is 1. The van der Waals surface area contributed by atoms with E-state index in [9.17, 15) is 0 Å². The molecule has 0 N–H and O–H groups in total. The molecule has 0 amide bonds. The van der Waals surface area contributed by atoms with Gasteiger partial charge >= 0.3 is 0 Å². The highest BCUT2D eigenvalue weighted by molar-refractivity contribution is 6.20. The molecule has 1 heterocycles. The van der Waals surface area contributed by atoms with E-state index < -0.39 is 0 Å². The van der Waals surface area contributed by atoms with Crippen molar-refractivity contribution in [1.29, 1.82) is 0 Å². The molecule has 0 aliphatic heterocycles. The zero-order chi connectivity index (χ0) is 8.97. The second-order valence-corrected chi connectivity index (χ2v) is 3.06. The third-order valence-corrected chi connectivity index (χ3v) is 2.25. The first kappa shape index (κ1) is 9.33. The molecule has 1 aromatic rings. The number of alkyl halides is 1. The van der Waals surface area contributed by atoms with Gasteiger partial charge in [0.1, 0.15) is 5.75 Å². The molecule has 1 aromatic heterocycles. The quantitative estimate of drug-likeness (QED) is 0.676. The molecule has 1 unspecified atom stereocenters. The lowest BCUT2D eigenvalue weighted by atomic mass is 10.1. The Morgan fingerprint density at radius 3 is 2.92 bits per heavy atom. The van der Waals surface area contributed by atoms with Gasteiger partial charge in [0, 0.05) is 6.20 Å². The first-order valence-corrected chi connectivity index (χ1v) is 4.34. The molecule has 0 aliphatic rings. The summed E-state index contributed by atoms with van der Waals surface area (Å²) in [4.78, 5) is 4.02. The van der Waals surface area contributed by atoms with Crippen LogP contribution in [-0.4, -0.2) is 12.1 Å². The predicted molar refractivity (Wildman–Crippen MR) is 49.7 cm³/mol. The summed E-state index contributed by atoms with van der Waals surface area (Å²) in [6.07, 6.45) is 4.34. The van der Waals surface area contributed by atoms with Crippen molar-refractivity contribution in [2.24, 2.45) is 0 Å². The zero-order valence-corrected chi connectivity index (χ0v) is 8.01. The molecule has 1 atom stereocenters. The topological polar surface area (TPSA) is 22.1 Å². The molecule has 0 fully saturated rings. The Bertz CT molecular complexity index is 252. The summed E-state index contributed by atoms with van der Waals surface area (Å²) >= 11 is 6.02. The minimum Gasteiger partial charge on any atom is -0.495 e. The molecule has 66 valence electrons. The van der Waals surface area contributed by atoms with Crippen LogP contribution in [0.25, 0.3) is 0 Å². The summed E-state index contributed by atoms with van der Waals surface area (Å²) in [6, 6.07) is 1.91. The molecular weight excluding hydrogens is 174 g/mol. The Hall–Kier alpha value is -0.760. The van der Waals surface area contributed by atoms with Crippen LogP contribution in [0.3, 0.4) is 0 Å². The fourth-order valence-electron chi connectivity index (χ4n) is 0.954. The van der Waals surface area contributed by atoms with E-state index in [1.54, 1.807) is 19.5 Å². The van der Waals surface area contributed by atoms with Crippen molar-refractivity contribution in [3.8, 4) is 5.75 Å². The maximum atomic E-state index is 6.02. The Morgan fingerprint density at radius 1 is 1.58 bits per heavy atom. The van der Waals surface area contributed by atoms with Crippen LogP contribution in [0.15, 0.2) is 18.5 Å². The normalized spacial score (nSPS) is 12.6. The molecule has 0 aromatic carbocycles. The van der Waals surface area contributed by atoms with Crippen molar-refractivity contribution < 1.29 is 4.74 Å². The summed E-state index contributed by atoms with van der Waals surface area (Å²) in [5, 5.41) is 0.0348. The van der Waals surface area contributed by atoms with E-state index in [-0.39, 0.29) is 5.38 Å². The molecule has 1 rings (SSSR count). The maximum absolute atomic E-state index is 6.02. The Balaban J connectivity index is 2.86. The number of halogens is 1. The molecule has 0 bridgehead atoms. The average Bonchev–Trinajstić information content (AvgIpc) is 2.17. The first-order valence-electron chi connectivity index (χ1n) is 3.91. The third-order valence-electron chi connectivity index (χ3n) is 1.69. The molecule has 12 heavy (non-hydrogen) atoms. The highest BCUT2D eigenvalue weighted by Crippen LogP contribution is 2.25. The highest BCUT2D eigenvalue weighted by Gasteiger charge is 2.05. The fourth-order valence-corrected chi connectivity index (χ4v) is 1.07. The van der Waals surface area contributed by atoms with Gasteiger partial charge in [-0.1, -0.05) is 6.92 Å². The third kappa shape index (κ3) is 2.11. The van der Waals surface area contributed by atoms with E-state index in [1.807, 2.05) is 13.0 Å². The zero-order valence-electron chi connectivity index (χ0n) is 7.25. The van der Waals surface area contributed by atoms with Crippen LogP contribution in [0.4, 0.5) is 0 Å². The van der Waals surface area contributed by atoms with Crippen LogP contribution in [0.2, 0.25) is 0 Å². The summed E-state index contributed by atoms with van der Waals surface area (Å²) in [5.74, 6) is 0.756. The lowest BCUT2D eigenvalue weighted by molar-refractivity contribution is 0.412. The monoisotopic (exact) mass is 185 g/mol. The van der Waals surface area contributed by atoms with E-state index in [1.165, 1.54) is 0 Å². The van der Waals surface area contributed by atoms with E-state index in [0.29, 0.717) is 0 Å². The minimum absolute atomic E-state index is 0.0348. The van der Waals surface area contributed by atoms with Gasteiger partial charge in [-0.05, 0) is 18.1 Å². The van der Waals surface area contributed by atoms with Crippen LogP contribution in [0, 0.1) is 0 Å². The van der Waals surface area contributed by atoms with Crippen LogP contribution < -0.4 is 4.74 Å². The van der Waals surface area contributed by atoms with Gasteiger partial charge < -0.3 is 4.74 Å². The Morgan fingerprint density at radius 2 is 2.33 bits per heavy atom. The first-order chi connectivity index (χ1) is 5.77. The lowest BCUT2D eigenvalue weighted by Crippen LogP contribution is -1.91. The van der Waals surface area contributed by atoms with Crippen LogP contribution in [-0.2, 0) is 0 Å². The number of methoxy groups -OCH3 is 1. The number of rotatable bonds is 3. The standard InChI is InChI=1S/C9H12ClNO/c1-3-9(10)7-4-8(12-2)6-11-5-7/h4-6,9H,3H2,1-2H3. The number of ether oxygens (including phenoxy) is 1. The van der Waals surface area contributed by atoms with Crippen LogP contribution >= 0.6 is 11.6 Å². The van der Waals surface area contributed by atoms with Crippen molar-refractivity contribution in [2.45, 2.75) is 18.7 Å². The Kier molecular flexibility index (Phi) is 3.35. The van der Waals surface area contributed by atoms with Crippen molar-refractivity contribution in [3.05, 3.63) is 24.0 Å². The molecule has 0 saturated carbocycles. The summed E-state index contributed by atoms with van der Waals surface area (Å²) in [5.41, 5.74) is 1.01. The van der Waals surface area contributed by atoms with Crippen molar-refractivity contribution >= 4 is 11.6 Å². The van der Waals surface area contributed by atoms with E-state index in [4.69, 9.17) is 16.3 Å². The number of hydrogen-bond acceptors (Lipinski definition) is 2. The van der Waals surface area contributed by atoms with Gasteiger partial charge in [0.2, 0.25) is 0 Å². The van der Waals surface area contributed by atoms with Gasteiger partial charge in [-0.3, -0.25) is 4.98 Å². The predicted octanol–water partition coefficient (Wildman–Crippen LogP) is 2.78. The number of hydrogen-bond donors (Lipinski definition) is 0. The van der Waals surface area contributed by atoms with Gasteiger partial charge in [0.15, 0.2) is 0 Å². The second-order valence-electron chi connectivity index (χ2n) is 2.53. The molecule has 0 aliphatic carbocycles. The highest BCUT2D eigenvalue weighted by atomic mass is 35.5. The van der Waals surface area contributed by atoms with E-state index in [2.05, 4.69) is 4.98 Å². The average molecular weight is 186 g/mol. The summed E-state index contributed by atoms with van der Waals surface area (Å²) < 4.78 is 5.03. The smallest absolute Gasteiger partial charge is 0.137 e. The Labute approximate surface area is 77.5 Å². The van der Waals surface area contributed by atoms with Gasteiger partial charge in [0.25, 0.3) is 0 Å². The van der Waals surface area contributed by atoms with Crippen molar-refractivity contribution in [1.82, 2.24) is 4.98 Å². The van der Waals surface area contributed by atoms with Crippen LogP contribution in [0.1, 0.15) is 24.3 Å². The number of nitrogens with zero attached hydrogens (tertiary/aromatic N) is 1. The van der Waals surface area contributed by atoms with E-state index >= 15 is 0 Å². The van der Waals surface area contributed by atoms with E-state index in [0.717, 1.165) is 17.7 Å². The summed E-state index contributed by atoms with van der Waals surface area (Å²) in [6.45, 7) is 2.04. The van der Waals surface area contributed by atoms with Crippen LogP contribution in [0.5, 0.6) is 5.75 Å². The molecule has 0 radical (unpaired) electrons. The van der Waals surface area contributed by atoms with Gasteiger partial charge in [-0.15, -0.1) is 11.6 Å². The van der Waals surface area contributed by atoms with Gasteiger partial charge in [0.05, 0.1) is 18.7 Å². The molecule has 0 spiro atoms. The lowest BCUT2D eigenvalue weighted by Gasteiger charge is -2.07. The van der Waals surface area contributed by atoms with Crippen molar-refractivity contribution in [2.75, 3.05) is 7.11 Å². The largest absolute Gasteiger partial charge is 0.495 e. The second kappa shape index (κ2) is 4.31. The molecule has 0 saturated heterocycles. The summed E-state index contributed by atoms with van der Waals surface area (Å²) in [7, 11) is 1.62. The SMILES string of the molecule is CCC(Cl)c1cncc(OC)c1. The fraction of sp³-hybridized carbons (Fsp3) is 0.444.